The van der Waals surface area contributed by atoms with E-state index in [0.29, 0.717) is 5.70 Å². The molecule has 32 heavy (non-hydrogen) atoms. The van der Waals surface area contributed by atoms with Gasteiger partial charge in [0.1, 0.15) is 24.4 Å². The first-order valence-corrected chi connectivity index (χ1v) is 12.1. The van der Waals surface area contributed by atoms with Crippen LogP contribution in [0.4, 0.5) is 0 Å². The third kappa shape index (κ3) is 5.66. The van der Waals surface area contributed by atoms with Crippen molar-refractivity contribution in [3.05, 3.63) is 47.5 Å². The van der Waals surface area contributed by atoms with Crippen LogP contribution in [0.25, 0.3) is 17.5 Å². The lowest BCUT2D eigenvalue weighted by molar-refractivity contribution is -0.121. The maximum Gasteiger partial charge on any atom is 0.203 e. The zero-order valence-corrected chi connectivity index (χ0v) is 20.6. The zero-order chi connectivity index (χ0) is 23.5. The summed E-state index contributed by atoms with van der Waals surface area (Å²) in [6.45, 7) is 12.1. The highest BCUT2D eigenvalue weighted by Crippen LogP contribution is 2.31. The van der Waals surface area contributed by atoms with Gasteiger partial charge in [-0.05, 0) is 52.9 Å². The van der Waals surface area contributed by atoms with Gasteiger partial charge in [-0.1, -0.05) is 6.08 Å². The first kappa shape index (κ1) is 24.2. The normalized spacial score (nSPS) is 17.7. The van der Waals surface area contributed by atoms with Crippen LogP contribution in [0.3, 0.4) is 0 Å². The molecule has 0 saturated carbocycles. The minimum Gasteiger partial charge on any atom is -0.453 e. The fraction of sp³-hybridized carbons (Fsp3) is 0.500. The van der Waals surface area contributed by atoms with Crippen molar-refractivity contribution in [2.24, 2.45) is 5.73 Å². The summed E-state index contributed by atoms with van der Waals surface area (Å²) in [6.07, 6.45) is 10.5. The lowest BCUT2D eigenvalue weighted by Gasteiger charge is -2.36. The summed E-state index contributed by atoms with van der Waals surface area (Å²) in [7, 11) is 0. The predicted molar refractivity (Wildman–Crippen MR) is 130 cm³/mol. The van der Waals surface area contributed by atoms with Crippen LogP contribution in [0.15, 0.2) is 40.3 Å². The maximum absolute atomic E-state index is 9.13. The number of nitrogens with zero attached hydrogens (tertiary/aromatic N) is 4. The third-order valence-corrected chi connectivity index (χ3v) is 6.32. The fourth-order valence-corrected chi connectivity index (χ4v) is 4.14. The topological polar surface area (TPSA) is 93.2 Å². The number of thioether (sulfide) groups is 1. The van der Waals surface area contributed by atoms with Gasteiger partial charge in [-0.25, -0.2) is 4.98 Å². The molecular weight excluding hydrogens is 422 g/mol. The number of aromatic nitrogens is 2. The number of nitrogens with two attached hydrogens (primary N) is 1. The highest BCUT2D eigenvalue weighted by molar-refractivity contribution is 7.98. The van der Waals surface area contributed by atoms with Gasteiger partial charge in [0.2, 0.25) is 5.76 Å². The van der Waals surface area contributed by atoms with E-state index in [2.05, 4.69) is 56.8 Å². The van der Waals surface area contributed by atoms with E-state index in [1.54, 1.807) is 30.3 Å². The summed E-state index contributed by atoms with van der Waals surface area (Å²) in [5.74, 6) is 1.16. The van der Waals surface area contributed by atoms with E-state index in [9.17, 15) is 0 Å². The summed E-state index contributed by atoms with van der Waals surface area (Å²) >= 11 is 1.71. The second-order valence-electron chi connectivity index (χ2n) is 8.96. The Hall–Kier alpha value is -2.47. The molecule has 0 bridgehead atoms. The van der Waals surface area contributed by atoms with Gasteiger partial charge in [-0.15, -0.1) is 0 Å². The number of nitriles is 1. The molecule has 2 aromatic rings. The lowest BCUT2D eigenvalue weighted by Crippen LogP contribution is -2.43. The number of ether oxygens (including phenoxy) is 1. The Morgan fingerprint density at radius 1 is 1.41 bits per heavy atom. The van der Waals surface area contributed by atoms with Crippen LogP contribution in [0, 0.1) is 11.3 Å². The highest BCUT2D eigenvalue weighted by atomic mass is 32.2. The molecule has 3 heterocycles. The first-order chi connectivity index (χ1) is 15.1. The van der Waals surface area contributed by atoms with Crippen LogP contribution in [-0.4, -0.2) is 45.6 Å². The van der Waals surface area contributed by atoms with Crippen molar-refractivity contribution in [2.75, 3.05) is 19.3 Å². The predicted octanol–water partition coefficient (Wildman–Crippen LogP) is 4.99. The standard InChI is InChI=1S/C24H33N5O2S/c1-16(32-6)23-27-12-22(19-10-20(11-25)30-15-19)29(23)14-21(26)18-8-7-9-28(13-18)17(2)31-24(3,4)5/h8,10,12,14-17H,7,9,13,26H2,1-6H3/b21-14-. The summed E-state index contributed by atoms with van der Waals surface area (Å²) in [4.78, 5) is 6.95. The van der Waals surface area contributed by atoms with Gasteiger partial charge in [-0.2, -0.15) is 17.0 Å². The molecule has 2 N–H and O–H groups in total. The molecule has 2 unspecified atom stereocenters. The summed E-state index contributed by atoms with van der Waals surface area (Å²) in [5, 5.41) is 9.30. The van der Waals surface area contributed by atoms with Crippen LogP contribution in [0.1, 0.15) is 57.9 Å². The van der Waals surface area contributed by atoms with Crippen molar-refractivity contribution >= 4 is 18.0 Å². The van der Waals surface area contributed by atoms with Crippen LogP contribution in [-0.2, 0) is 4.74 Å². The molecule has 0 aromatic carbocycles. The molecule has 0 fully saturated rings. The smallest absolute Gasteiger partial charge is 0.203 e. The van der Waals surface area contributed by atoms with Crippen LogP contribution < -0.4 is 5.73 Å². The van der Waals surface area contributed by atoms with Crippen molar-refractivity contribution in [3.8, 4) is 17.3 Å². The molecule has 0 spiro atoms. The van der Waals surface area contributed by atoms with Crippen LogP contribution in [0.2, 0.25) is 0 Å². The van der Waals surface area contributed by atoms with Gasteiger partial charge < -0.3 is 19.5 Å². The van der Waals surface area contributed by atoms with Gasteiger partial charge in [0, 0.05) is 30.9 Å². The van der Waals surface area contributed by atoms with E-state index < -0.39 is 0 Å². The monoisotopic (exact) mass is 455 g/mol. The molecular formula is C24H33N5O2S. The Balaban J connectivity index is 1.92. The average Bonchev–Trinajstić information content (AvgIpc) is 3.38. The van der Waals surface area contributed by atoms with Crippen LogP contribution >= 0.6 is 11.8 Å². The summed E-state index contributed by atoms with van der Waals surface area (Å²) in [6, 6.07) is 3.75. The zero-order valence-electron chi connectivity index (χ0n) is 19.8. The van der Waals surface area contributed by atoms with Crippen molar-refractivity contribution in [3.63, 3.8) is 0 Å². The summed E-state index contributed by atoms with van der Waals surface area (Å²) in [5.41, 5.74) is 9.81. The fourth-order valence-electron chi connectivity index (χ4n) is 3.75. The Morgan fingerprint density at radius 2 is 2.16 bits per heavy atom. The number of hydrogen-bond acceptors (Lipinski definition) is 7. The molecule has 8 heteroatoms. The molecule has 172 valence electrons. The van der Waals surface area contributed by atoms with Crippen molar-refractivity contribution in [1.82, 2.24) is 14.5 Å². The van der Waals surface area contributed by atoms with Crippen LogP contribution in [0.5, 0.6) is 0 Å². The van der Waals surface area contributed by atoms with Crippen molar-refractivity contribution < 1.29 is 9.15 Å². The molecule has 0 radical (unpaired) electrons. The van der Waals surface area contributed by atoms with E-state index in [-0.39, 0.29) is 22.8 Å². The quantitative estimate of drug-likeness (QED) is 0.628. The van der Waals surface area contributed by atoms with Gasteiger partial charge in [0.05, 0.1) is 28.4 Å². The Morgan fingerprint density at radius 3 is 2.78 bits per heavy atom. The number of furan rings is 1. The van der Waals surface area contributed by atoms with E-state index in [1.807, 2.05) is 16.8 Å². The third-order valence-electron chi connectivity index (χ3n) is 5.41. The van der Waals surface area contributed by atoms with Gasteiger partial charge >= 0.3 is 0 Å². The van der Waals surface area contributed by atoms with Crippen molar-refractivity contribution in [2.45, 2.75) is 58.1 Å². The molecule has 2 aromatic heterocycles. The van der Waals surface area contributed by atoms with E-state index in [4.69, 9.17) is 20.1 Å². The average molecular weight is 456 g/mol. The molecule has 7 nitrogen and oxygen atoms in total. The minimum atomic E-state index is -0.205. The van der Waals surface area contributed by atoms with Gasteiger partial charge in [0.15, 0.2) is 0 Å². The van der Waals surface area contributed by atoms with Crippen molar-refractivity contribution in [1.29, 1.82) is 5.26 Å². The Labute approximate surface area is 194 Å². The van der Waals surface area contributed by atoms with E-state index >= 15 is 0 Å². The molecule has 3 rings (SSSR count). The second-order valence-corrected chi connectivity index (χ2v) is 10.1. The molecule has 1 aliphatic rings. The molecule has 0 amide bonds. The first-order valence-electron chi connectivity index (χ1n) is 10.8. The Bertz CT molecular complexity index is 1040. The molecule has 1 aliphatic heterocycles. The molecule has 0 aliphatic carbocycles. The summed E-state index contributed by atoms with van der Waals surface area (Å²) < 4.78 is 13.5. The minimum absolute atomic E-state index is 0.00212. The molecule has 2 atom stereocenters. The second kappa shape index (κ2) is 9.99. The van der Waals surface area contributed by atoms with E-state index in [0.717, 1.165) is 42.2 Å². The van der Waals surface area contributed by atoms with Gasteiger partial charge in [0.25, 0.3) is 0 Å². The van der Waals surface area contributed by atoms with Gasteiger partial charge in [-0.3, -0.25) is 4.90 Å². The number of hydrogen-bond donors (Lipinski definition) is 1. The lowest BCUT2D eigenvalue weighted by atomic mass is 10.1. The molecule has 0 saturated heterocycles. The SMILES string of the molecule is CSC(C)c1ncc(-c2coc(C#N)c2)n1/C=C(\N)C1=CCCN(C(C)OC(C)(C)C)C1. The number of imidazole rings is 1. The highest BCUT2D eigenvalue weighted by Gasteiger charge is 2.24. The Kier molecular flexibility index (Phi) is 7.55. The van der Waals surface area contributed by atoms with E-state index in [1.165, 1.54) is 0 Å². The number of rotatable bonds is 7. The maximum atomic E-state index is 9.13. The largest absolute Gasteiger partial charge is 0.453 e.